The number of hydrogen-bond donors (Lipinski definition) is 1. The third kappa shape index (κ3) is 2.45. The number of anilines is 1. The number of nitro groups is 1. The highest BCUT2D eigenvalue weighted by Gasteiger charge is 2.73. The van der Waals surface area contributed by atoms with E-state index in [1.54, 1.807) is 6.07 Å². The normalized spacial score (nSPS) is 25.0. The Morgan fingerprint density at radius 3 is 2.38 bits per heavy atom. The number of carbonyl (C=O) groups is 1. The van der Waals surface area contributed by atoms with E-state index in [9.17, 15) is 14.9 Å². The molecule has 32 heavy (non-hydrogen) atoms. The Balaban J connectivity index is 1.66. The lowest BCUT2D eigenvalue weighted by Crippen LogP contribution is -2.48. The van der Waals surface area contributed by atoms with Crippen LogP contribution in [0.3, 0.4) is 0 Å². The van der Waals surface area contributed by atoms with Crippen LogP contribution in [0.25, 0.3) is 11.0 Å². The summed E-state index contributed by atoms with van der Waals surface area (Å²) in [5.41, 5.74) is 2.91. The first-order chi connectivity index (χ1) is 15.1. The molecule has 164 valence electrons. The third-order valence-electron chi connectivity index (χ3n) is 8.24. The quantitative estimate of drug-likeness (QED) is 0.460. The highest BCUT2D eigenvalue weighted by atomic mass is 16.6. The number of nitrogens with zero attached hydrogens (tertiary/aromatic N) is 3. The van der Waals surface area contributed by atoms with Crippen LogP contribution in [-0.2, 0) is 22.0 Å². The van der Waals surface area contributed by atoms with Crippen molar-refractivity contribution < 1.29 is 9.72 Å². The Bertz CT molecular complexity index is 1280. The largest absolute Gasteiger partial charge is 0.325 e. The molecule has 1 N–H and O–H groups in total. The fourth-order valence-electron chi connectivity index (χ4n) is 5.77. The zero-order valence-corrected chi connectivity index (χ0v) is 18.7. The summed E-state index contributed by atoms with van der Waals surface area (Å²) in [5, 5.41) is 14.4. The van der Waals surface area contributed by atoms with Gasteiger partial charge in [0.05, 0.1) is 32.8 Å². The minimum atomic E-state index is -0.855. The molecule has 2 aliphatic carbocycles. The highest BCUT2D eigenvalue weighted by molar-refractivity contribution is 6.02. The van der Waals surface area contributed by atoms with Crippen molar-refractivity contribution in [3.8, 4) is 0 Å². The fourth-order valence-corrected chi connectivity index (χ4v) is 5.77. The van der Waals surface area contributed by atoms with Crippen LogP contribution in [0.15, 0.2) is 42.5 Å². The summed E-state index contributed by atoms with van der Waals surface area (Å²) in [4.78, 5) is 34.5. The van der Waals surface area contributed by atoms with Gasteiger partial charge in [-0.25, -0.2) is 9.97 Å². The van der Waals surface area contributed by atoms with Crippen molar-refractivity contribution in [2.24, 2.45) is 5.41 Å². The van der Waals surface area contributed by atoms with E-state index in [1.807, 2.05) is 24.3 Å². The first kappa shape index (κ1) is 20.5. The number of fused-ring (bicyclic) bond motifs is 6. The van der Waals surface area contributed by atoms with Gasteiger partial charge in [0.2, 0.25) is 5.91 Å². The molecule has 2 aliphatic rings. The number of rotatable bonds is 4. The van der Waals surface area contributed by atoms with Gasteiger partial charge in [0.15, 0.2) is 0 Å². The lowest BCUT2D eigenvalue weighted by molar-refractivity contribution is -0.384. The van der Waals surface area contributed by atoms with E-state index in [0.717, 1.165) is 24.2 Å². The molecule has 0 aliphatic heterocycles. The number of amides is 1. The molecule has 7 heteroatoms. The van der Waals surface area contributed by atoms with Crippen molar-refractivity contribution in [1.29, 1.82) is 0 Å². The van der Waals surface area contributed by atoms with E-state index < -0.39 is 15.8 Å². The van der Waals surface area contributed by atoms with E-state index in [-0.39, 0.29) is 17.0 Å². The molecular formula is C25H26N4O3. The number of nitro benzene ring substituents is 1. The summed E-state index contributed by atoms with van der Waals surface area (Å²) >= 11 is 0. The van der Waals surface area contributed by atoms with E-state index in [4.69, 9.17) is 9.97 Å². The number of aryl methyl sites for hydroxylation is 1. The Morgan fingerprint density at radius 2 is 1.72 bits per heavy atom. The van der Waals surface area contributed by atoms with Gasteiger partial charge in [-0.2, -0.15) is 0 Å². The second-order valence-electron chi connectivity index (χ2n) is 9.72. The fraction of sp³-hybridized carbons (Fsp3) is 0.400. The second-order valence-corrected chi connectivity index (χ2v) is 9.72. The third-order valence-corrected chi connectivity index (χ3v) is 8.24. The zero-order valence-electron chi connectivity index (χ0n) is 18.7. The topological polar surface area (TPSA) is 98.0 Å². The average Bonchev–Trinajstić information content (AvgIpc) is 3.07. The zero-order chi connectivity index (χ0) is 22.9. The summed E-state index contributed by atoms with van der Waals surface area (Å²) in [6.07, 6.45) is 2.44. The number of nitrogens with one attached hydrogen (secondary N) is 1. The Hall–Kier alpha value is -3.35. The average molecular weight is 431 g/mol. The van der Waals surface area contributed by atoms with Crippen molar-refractivity contribution in [1.82, 2.24) is 9.97 Å². The van der Waals surface area contributed by atoms with E-state index >= 15 is 0 Å². The minimum absolute atomic E-state index is 0.0325. The summed E-state index contributed by atoms with van der Waals surface area (Å²) in [5.74, 6) is -0.0895. The van der Waals surface area contributed by atoms with Crippen LogP contribution < -0.4 is 5.32 Å². The first-order valence-electron chi connectivity index (χ1n) is 11.0. The van der Waals surface area contributed by atoms with Gasteiger partial charge in [0.1, 0.15) is 0 Å². The SMILES string of the molecule is CCc1ccc(NC(=O)C23CCC(C)(c4nc5ccc([N+](=O)[O-])cc5nc42)C3(C)C)cc1. The van der Waals surface area contributed by atoms with E-state index in [1.165, 1.54) is 17.7 Å². The van der Waals surface area contributed by atoms with Crippen molar-refractivity contribution in [2.45, 2.75) is 57.8 Å². The predicted molar refractivity (Wildman–Crippen MR) is 123 cm³/mol. The molecule has 0 saturated heterocycles. The van der Waals surface area contributed by atoms with Crippen LogP contribution >= 0.6 is 0 Å². The maximum atomic E-state index is 13.9. The first-order valence-corrected chi connectivity index (χ1v) is 11.0. The Labute approximate surface area is 186 Å². The number of benzene rings is 2. The van der Waals surface area contributed by atoms with E-state index in [0.29, 0.717) is 23.1 Å². The monoisotopic (exact) mass is 430 g/mol. The van der Waals surface area contributed by atoms with Crippen LogP contribution in [-0.4, -0.2) is 20.8 Å². The van der Waals surface area contributed by atoms with Gasteiger partial charge < -0.3 is 5.32 Å². The van der Waals surface area contributed by atoms with Crippen molar-refractivity contribution in [2.75, 3.05) is 5.32 Å². The minimum Gasteiger partial charge on any atom is -0.325 e. The highest BCUT2D eigenvalue weighted by Crippen LogP contribution is 2.70. The molecule has 5 rings (SSSR count). The smallest absolute Gasteiger partial charge is 0.271 e. The van der Waals surface area contributed by atoms with Crippen molar-refractivity contribution in [3.63, 3.8) is 0 Å². The molecule has 2 unspecified atom stereocenters. The number of non-ortho nitro benzene ring substituents is 1. The summed E-state index contributed by atoms with van der Waals surface area (Å²) in [6, 6.07) is 12.4. The van der Waals surface area contributed by atoms with Crippen molar-refractivity contribution in [3.05, 3.63) is 69.5 Å². The predicted octanol–water partition coefficient (Wildman–Crippen LogP) is 5.07. The number of carbonyl (C=O) groups excluding carboxylic acids is 1. The van der Waals surface area contributed by atoms with Gasteiger partial charge in [-0.1, -0.05) is 39.8 Å². The number of aromatic nitrogens is 2. The summed E-state index contributed by atoms with van der Waals surface area (Å²) in [7, 11) is 0. The molecule has 2 bridgehead atoms. The lowest BCUT2D eigenvalue weighted by atomic mass is 9.63. The molecule has 2 aromatic carbocycles. The standard InChI is InChI=1S/C25H26N4O3/c1-5-15-6-8-16(9-7-15)26-22(30)25-13-12-24(4,23(25,2)3)20-21(25)28-19-14-17(29(31)32)10-11-18(19)27-20/h6-11,14H,5,12-13H2,1-4H3,(H,26,30). The van der Waals surface area contributed by atoms with Gasteiger partial charge in [-0.3, -0.25) is 14.9 Å². The van der Waals surface area contributed by atoms with Gasteiger partial charge in [-0.05, 0) is 48.4 Å². The molecule has 3 aromatic rings. The molecule has 1 saturated carbocycles. The van der Waals surface area contributed by atoms with Crippen LogP contribution in [0.1, 0.15) is 57.5 Å². The molecule has 0 spiro atoms. The molecule has 2 atom stereocenters. The van der Waals surface area contributed by atoms with E-state index in [2.05, 4.69) is 33.0 Å². The maximum Gasteiger partial charge on any atom is 0.271 e. The van der Waals surface area contributed by atoms with Crippen molar-refractivity contribution >= 4 is 28.3 Å². The molecule has 1 heterocycles. The second kappa shape index (κ2) is 6.58. The van der Waals surface area contributed by atoms with Crippen LogP contribution in [0.5, 0.6) is 0 Å². The lowest BCUT2D eigenvalue weighted by Gasteiger charge is -2.39. The van der Waals surface area contributed by atoms with Gasteiger partial charge in [-0.15, -0.1) is 0 Å². The van der Waals surface area contributed by atoms with Crippen LogP contribution in [0.4, 0.5) is 11.4 Å². The summed E-state index contributed by atoms with van der Waals surface area (Å²) in [6.45, 7) is 8.50. The van der Waals surface area contributed by atoms with Gasteiger partial charge >= 0.3 is 0 Å². The Kier molecular flexibility index (Phi) is 4.22. The molecule has 7 nitrogen and oxygen atoms in total. The van der Waals surface area contributed by atoms with Crippen LogP contribution in [0, 0.1) is 15.5 Å². The summed E-state index contributed by atoms with van der Waals surface area (Å²) < 4.78 is 0. The molecule has 0 radical (unpaired) electrons. The van der Waals surface area contributed by atoms with Gasteiger partial charge in [0.25, 0.3) is 5.69 Å². The molecule has 1 amide bonds. The van der Waals surface area contributed by atoms with Gasteiger partial charge in [0, 0.05) is 23.2 Å². The molecule has 1 aromatic heterocycles. The molecule has 1 fully saturated rings. The number of hydrogen-bond acceptors (Lipinski definition) is 5. The van der Waals surface area contributed by atoms with Crippen LogP contribution in [0.2, 0.25) is 0 Å². The Morgan fingerprint density at radius 1 is 1.03 bits per heavy atom. The maximum absolute atomic E-state index is 13.9. The molecular weight excluding hydrogens is 404 g/mol.